The predicted octanol–water partition coefficient (Wildman–Crippen LogP) is 4.86. The first-order valence-electron chi connectivity index (χ1n) is 9.43. The molecule has 0 aliphatic carbocycles. The summed E-state index contributed by atoms with van der Waals surface area (Å²) in [6, 6.07) is 5.13. The highest BCUT2D eigenvalue weighted by Crippen LogP contribution is 2.35. The number of esters is 1. The molecule has 0 radical (unpaired) electrons. The molecule has 2 rings (SSSR count). The van der Waals surface area contributed by atoms with Crippen molar-refractivity contribution in [3.8, 4) is 0 Å². The molecule has 1 aliphatic heterocycles. The lowest BCUT2D eigenvalue weighted by Gasteiger charge is -2.33. The lowest BCUT2D eigenvalue weighted by molar-refractivity contribution is -0.156. The van der Waals surface area contributed by atoms with Crippen molar-refractivity contribution in [3.05, 3.63) is 33.8 Å². The van der Waals surface area contributed by atoms with Crippen LogP contribution >= 0.6 is 35.6 Å². The summed E-state index contributed by atoms with van der Waals surface area (Å²) in [6.07, 6.45) is 3.96. The number of aliphatic hydroxyl groups is 1. The average Bonchev–Trinajstić information content (AvgIpc) is 3.04. The molecule has 1 aromatic carbocycles. The maximum Gasteiger partial charge on any atom is 0.312 e. The summed E-state index contributed by atoms with van der Waals surface area (Å²) in [7, 11) is 0. The molecule has 0 fully saturated rings. The van der Waals surface area contributed by atoms with Gasteiger partial charge in [-0.3, -0.25) is 9.80 Å². The molecule has 1 N–H and O–H groups in total. The highest BCUT2D eigenvalue weighted by atomic mass is 35.5. The van der Waals surface area contributed by atoms with Gasteiger partial charge in [-0.1, -0.05) is 49.0 Å². The normalized spacial score (nSPS) is 15.8. The van der Waals surface area contributed by atoms with Crippen LogP contribution in [0, 0.1) is 5.41 Å². The van der Waals surface area contributed by atoms with Crippen molar-refractivity contribution in [1.29, 1.82) is 0 Å². The van der Waals surface area contributed by atoms with E-state index < -0.39 is 11.0 Å². The lowest BCUT2D eigenvalue weighted by atomic mass is 9.88. The number of halogens is 3. The van der Waals surface area contributed by atoms with E-state index >= 15 is 0 Å². The number of hydrogen-bond donors (Lipinski definition) is 1. The zero-order valence-electron chi connectivity index (χ0n) is 17.3. The van der Waals surface area contributed by atoms with Gasteiger partial charge in [-0.15, -0.1) is 12.4 Å². The SMILES string of the molecule is CCCCC(O)(CN1CN(COC(=O)C(C)(C)C)C=N1)c1ccc(Cl)cc1Cl.Cl. The molecule has 1 aromatic rings. The van der Waals surface area contributed by atoms with E-state index in [1.54, 1.807) is 34.4 Å². The van der Waals surface area contributed by atoms with Crippen LogP contribution in [0.4, 0.5) is 0 Å². The van der Waals surface area contributed by atoms with Gasteiger partial charge in [0.1, 0.15) is 18.6 Å². The number of unbranched alkanes of at least 4 members (excludes halogenated alkanes) is 1. The molecule has 164 valence electrons. The Kier molecular flexibility index (Phi) is 9.54. The third kappa shape index (κ3) is 7.21. The molecule has 1 atom stereocenters. The first-order chi connectivity index (χ1) is 13.0. The molecular weight excluding hydrogens is 437 g/mol. The molecule has 0 spiro atoms. The third-order valence-corrected chi connectivity index (χ3v) is 5.07. The second kappa shape index (κ2) is 10.7. The molecule has 1 aliphatic rings. The largest absolute Gasteiger partial charge is 0.444 e. The summed E-state index contributed by atoms with van der Waals surface area (Å²) in [4.78, 5) is 13.7. The molecule has 0 saturated carbocycles. The van der Waals surface area contributed by atoms with Gasteiger partial charge in [0, 0.05) is 15.6 Å². The molecule has 29 heavy (non-hydrogen) atoms. The van der Waals surface area contributed by atoms with Crippen LogP contribution in [0.25, 0.3) is 0 Å². The summed E-state index contributed by atoms with van der Waals surface area (Å²) >= 11 is 12.4. The summed E-state index contributed by atoms with van der Waals surface area (Å²) in [5, 5.41) is 18.4. The Hall–Kier alpha value is -1.21. The van der Waals surface area contributed by atoms with Crippen molar-refractivity contribution in [2.75, 3.05) is 19.9 Å². The fourth-order valence-corrected chi connectivity index (χ4v) is 3.47. The lowest BCUT2D eigenvalue weighted by Crippen LogP contribution is -2.41. The van der Waals surface area contributed by atoms with E-state index in [9.17, 15) is 9.90 Å². The van der Waals surface area contributed by atoms with E-state index in [4.69, 9.17) is 27.9 Å². The van der Waals surface area contributed by atoms with Crippen LogP contribution in [0.15, 0.2) is 23.3 Å². The Morgan fingerprint density at radius 2 is 2.00 bits per heavy atom. The molecule has 6 nitrogen and oxygen atoms in total. The fourth-order valence-electron chi connectivity index (χ4n) is 2.89. The maximum atomic E-state index is 11.9. The zero-order chi connectivity index (χ0) is 20.9. The summed E-state index contributed by atoms with van der Waals surface area (Å²) in [6.45, 7) is 8.30. The van der Waals surface area contributed by atoms with E-state index in [0.29, 0.717) is 28.7 Å². The topological polar surface area (TPSA) is 65.4 Å². The van der Waals surface area contributed by atoms with Gasteiger partial charge in [0.25, 0.3) is 0 Å². The Bertz CT molecular complexity index is 725. The van der Waals surface area contributed by atoms with Gasteiger partial charge >= 0.3 is 5.97 Å². The molecule has 0 bridgehead atoms. The first kappa shape index (κ1) is 25.8. The van der Waals surface area contributed by atoms with Crippen molar-refractivity contribution in [3.63, 3.8) is 0 Å². The third-order valence-electron chi connectivity index (χ3n) is 4.52. The van der Waals surface area contributed by atoms with Crippen LogP contribution in [0.1, 0.15) is 52.5 Å². The number of ether oxygens (including phenoxy) is 1. The van der Waals surface area contributed by atoms with E-state index in [1.807, 2.05) is 20.8 Å². The Morgan fingerprint density at radius 3 is 2.59 bits per heavy atom. The molecule has 9 heteroatoms. The number of β-amino-alcohol motifs (C(OH)–C–C–N with tert-alkyl or cyclic N) is 1. The second-order valence-corrected chi connectivity index (χ2v) is 9.04. The van der Waals surface area contributed by atoms with Gasteiger partial charge in [-0.05, 0) is 39.3 Å². The minimum Gasteiger partial charge on any atom is -0.444 e. The molecule has 1 unspecified atom stereocenters. The zero-order valence-corrected chi connectivity index (χ0v) is 19.6. The number of benzene rings is 1. The van der Waals surface area contributed by atoms with Crippen LogP contribution < -0.4 is 0 Å². The van der Waals surface area contributed by atoms with Crippen LogP contribution in [0.5, 0.6) is 0 Å². The van der Waals surface area contributed by atoms with Crippen molar-refractivity contribution in [1.82, 2.24) is 9.91 Å². The minimum absolute atomic E-state index is 0. The summed E-state index contributed by atoms with van der Waals surface area (Å²) < 4.78 is 5.32. The standard InChI is InChI=1S/C20H29Cl2N3O3.ClH/c1-5-6-9-20(27,16-8-7-15(21)10-17(16)22)11-25-13-24(12-23-25)14-28-18(26)19(2,3)4;/h7-8,10,12,27H,5-6,9,11,13-14H2,1-4H3;1H. The fraction of sp³-hybridized carbons (Fsp3) is 0.600. The number of hydrazone groups is 1. The van der Waals surface area contributed by atoms with Crippen LogP contribution in [0.2, 0.25) is 10.0 Å². The van der Waals surface area contributed by atoms with Crippen LogP contribution in [0.3, 0.4) is 0 Å². The minimum atomic E-state index is -1.16. The molecule has 0 aromatic heterocycles. The molecular formula is C20H30Cl3N3O3. The Morgan fingerprint density at radius 1 is 1.31 bits per heavy atom. The van der Waals surface area contributed by atoms with Gasteiger partial charge < -0.3 is 14.7 Å². The average molecular weight is 467 g/mol. The first-order valence-corrected chi connectivity index (χ1v) is 10.2. The van der Waals surface area contributed by atoms with Gasteiger partial charge in [0.15, 0.2) is 6.73 Å². The maximum absolute atomic E-state index is 11.9. The molecule has 1 heterocycles. The Balaban J connectivity index is 0.00000420. The van der Waals surface area contributed by atoms with Crippen molar-refractivity contribution < 1.29 is 14.6 Å². The highest BCUT2D eigenvalue weighted by Gasteiger charge is 2.34. The van der Waals surface area contributed by atoms with E-state index in [-0.39, 0.29) is 31.7 Å². The summed E-state index contributed by atoms with van der Waals surface area (Å²) in [5.41, 5.74) is -1.07. The quantitative estimate of drug-likeness (QED) is 0.554. The monoisotopic (exact) mass is 465 g/mol. The number of rotatable bonds is 8. The number of nitrogens with zero attached hydrogens (tertiary/aromatic N) is 3. The number of carbonyl (C=O) groups excluding carboxylic acids is 1. The van der Waals surface area contributed by atoms with Gasteiger partial charge in [0.2, 0.25) is 0 Å². The van der Waals surface area contributed by atoms with Crippen molar-refractivity contribution in [2.24, 2.45) is 10.5 Å². The van der Waals surface area contributed by atoms with E-state index in [1.165, 1.54) is 0 Å². The van der Waals surface area contributed by atoms with Crippen molar-refractivity contribution in [2.45, 2.75) is 52.6 Å². The second-order valence-electron chi connectivity index (χ2n) is 8.20. The summed E-state index contributed by atoms with van der Waals surface area (Å²) in [5.74, 6) is -0.272. The van der Waals surface area contributed by atoms with Crippen LogP contribution in [-0.4, -0.2) is 47.3 Å². The highest BCUT2D eigenvalue weighted by molar-refractivity contribution is 6.35. The van der Waals surface area contributed by atoms with Crippen LogP contribution in [-0.2, 0) is 15.1 Å². The van der Waals surface area contributed by atoms with E-state index in [2.05, 4.69) is 12.0 Å². The van der Waals surface area contributed by atoms with Gasteiger partial charge in [-0.25, -0.2) is 0 Å². The Labute approximate surface area is 189 Å². The van der Waals surface area contributed by atoms with Gasteiger partial charge in [-0.2, -0.15) is 5.10 Å². The number of carbonyl (C=O) groups is 1. The molecule has 0 saturated heterocycles. The predicted molar refractivity (Wildman–Crippen MR) is 119 cm³/mol. The number of hydrogen-bond acceptors (Lipinski definition) is 6. The van der Waals surface area contributed by atoms with Gasteiger partial charge in [0.05, 0.1) is 12.0 Å². The van der Waals surface area contributed by atoms with E-state index in [0.717, 1.165) is 12.8 Å². The smallest absolute Gasteiger partial charge is 0.312 e. The van der Waals surface area contributed by atoms with Crippen molar-refractivity contribution >= 4 is 47.9 Å². The molecule has 0 amide bonds.